The Bertz CT molecular complexity index is 389. The Hall–Kier alpha value is -1.42. The van der Waals surface area contributed by atoms with Crippen LogP contribution in [0.25, 0.3) is 0 Å². The molecule has 2 unspecified atom stereocenters. The predicted octanol–water partition coefficient (Wildman–Crippen LogP) is 1.42. The number of aromatic nitrogens is 1. The van der Waals surface area contributed by atoms with E-state index >= 15 is 0 Å². The van der Waals surface area contributed by atoms with Crippen LogP contribution in [0.5, 0.6) is 0 Å². The molecule has 1 aliphatic carbocycles. The van der Waals surface area contributed by atoms with Crippen molar-refractivity contribution in [1.29, 1.82) is 0 Å². The highest BCUT2D eigenvalue weighted by Gasteiger charge is 2.24. The number of aryl methyl sites for hydroxylation is 1. The zero-order valence-electron chi connectivity index (χ0n) is 10.0. The third-order valence-electron chi connectivity index (χ3n) is 3.22. The maximum Gasteiger partial charge on any atom is 0.253 e. The summed E-state index contributed by atoms with van der Waals surface area (Å²) >= 11 is 0. The normalized spacial score (nSPS) is 24.4. The van der Waals surface area contributed by atoms with E-state index in [1.807, 2.05) is 13.0 Å². The second kappa shape index (κ2) is 5.27. The molecule has 0 aliphatic heterocycles. The number of carbonyl (C=O) groups excluding carboxylic acids is 1. The molecule has 17 heavy (non-hydrogen) atoms. The van der Waals surface area contributed by atoms with Crippen molar-refractivity contribution in [2.45, 2.75) is 44.8 Å². The Morgan fingerprint density at radius 2 is 2.18 bits per heavy atom. The van der Waals surface area contributed by atoms with Crippen LogP contribution in [0.3, 0.4) is 0 Å². The van der Waals surface area contributed by atoms with Gasteiger partial charge in [-0.05, 0) is 31.9 Å². The van der Waals surface area contributed by atoms with Crippen LogP contribution in [0.2, 0.25) is 0 Å². The molecule has 1 fully saturated rings. The van der Waals surface area contributed by atoms with Gasteiger partial charge in [-0.15, -0.1) is 0 Å². The van der Waals surface area contributed by atoms with Gasteiger partial charge in [0.15, 0.2) is 0 Å². The molecule has 1 amide bonds. The van der Waals surface area contributed by atoms with Gasteiger partial charge >= 0.3 is 0 Å². The number of aliphatic hydroxyl groups excluding tert-OH is 1. The number of hydrogen-bond donors (Lipinski definition) is 2. The smallest absolute Gasteiger partial charge is 0.253 e. The fourth-order valence-corrected chi connectivity index (χ4v) is 2.13. The molecule has 0 aromatic carbocycles. The van der Waals surface area contributed by atoms with E-state index in [9.17, 15) is 9.90 Å². The van der Waals surface area contributed by atoms with E-state index in [0.717, 1.165) is 31.4 Å². The van der Waals surface area contributed by atoms with Crippen molar-refractivity contribution in [2.75, 3.05) is 0 Å². The van der Waals surface area contributed by atoms with Gasteiger partial charge < -0.3 is 10.4 Å². The zero-order chi connectivity index (χ0) is 12.3. The van der Waals surface area contributed by atoms with Gasteiger partial charge in [0.1, 0.15) is 0 Å². The highest BCUT2D eigenvalue weighted by atomic mass is 16.3. The lowest BCUT2D eigenvalue weighted by molar-refractivity contribution is 0.0717. The van der Waals surface area contributed by atoms with Gasteiger partial charge in [-0.25, -0.2) is 0 Å². The molecule has 0 bridgehead atoms. The van der Waals surface area contributed by atoms with Crippen molar-refractivity contribution in [1.82, 2.24) is 10.3 Å². The first-order valence-electron chi connectivity index (χ1n) is 6.08. The van der Waals surface area contributed by atoms with Crippen LogP contribution in [0.1, 0.15) is 41.7 Å². The third kappa shape index (κ3) is 3.03. The van der Waals surface area contributed by atoms with E-state index in [4.69, 9.17) is 0 Å². The summed E-state index contributed by atoms with van der Waals surface area (Å²) in [7, 11) is 0. The summed E-state index contributed by atoms with van der Waals surface area (Å²) in [6.45, 7) is 1.88. The second-order valence-electron chi connectivity index (χ2n) is 4.62. The fraction of sp³-hybridized carbons (Fsp3) is 0.538. The molecular weight excluding hydrogens is 216 g/mol. The number of rotatable bonds is 2. The van der Waals surface area contributed by atoms with Gasteiger partial charge in [0.2, 0.25) is 0 Å². The zero-order valence-corrected chi connectivity index (χ0v) is 10.0. The molecule has 2 rings (SSSR count). The largest absolute Gasteiger partial charge is 0.391 e. The summed E-state index contributed by atoms with van der Waals surface area (Å²) in [5.41, 5.74) is 1.44. The lowest BCUT2D eigenvalue weighted by Crippen LogP contribution is -2.45. The first kappa shape index (κ1) is 12.0. The lowest BCUT2D eigenvalue weighted by atomic mass is 9.92. The van der Waals surface area contributed by atoms with Crippen molar-refractivity contribution < 1.29 is 9.90 Å². The van der Waals surface area contributed by atoms with Gasteiger partial charge in [0.25, 0.3) is 5.91 Å². The summed E-state index contributed by atoms with van der Waals surface area (Å²) < 4.78 is 0. The fourth-order valence-electron chi connectivity index (χ4n) is 2.13. The minimum atomic E-state index is -0.411. The summed E-state index contributed by atoms with van der Waals surface area (Å²) in [6.07, 6.45) is 4.89. The van der Waals surface area contributed by atoms with Crippen LogP contribution in [0.4, 0.5) is 0 Å². The van der Waals surface area contributed by atoms with Gasteiger partial charge in [0.05, 0.1) is 17.7 Å². The van der Waals surface area contributed by atoms with Crippen LogP contribution in [-0.2, 0) is 0 Å². The molecule has 0 radical (unpaired) electrons. The van der Waals surface area contributed by atoms with Crippen LogP contribution < -0.4 is 5.32 Å². The number of hydrogen-bond acceptors (Lipinski definition) is 3. The van der Waals surface area contributed by atoms with Gasteiger partial charge in [0, 0.05) is 11.9 Å². The molecule has 92 valence electrons. The first-order chi connectivity index (χ1) is 8.16. The summed E-state index contributed by atoms with van der Waals surface area (Å²) in [5.74, 6) is -0.150. The molecule has 1 aliphatic rings. The molecule has 4 nitrogen and oxygen atoms in total. The van der Waals surface area contributed by atoms with E-state index < -0.39 is 6.10 Å². The molecule has 1 heterocycles. The molecule has 0 saturated heterocycles. The third-order valence-corrected chi connectivity index (χ3v) is 3.22. The van der Waals surface area contributed by atoms with Gasteiger partial charge in [-0.1, -0.05) is 12.8 Å². The van der Waals surface area contributed by atoms with Gasteiger partial charge in [-0.3, -0.25) is 9.78 Å². The highest BCUT2D eigenvalue weighted by molar-refractivity contribution is 5.94. The molecule has 0 spiro atoms. The topological polar surface area (TPSA) is 62.2 Å². The van der Waals surface area contributed by atoms with Crippen molar-refractivity contribution in [3.63, 3.8) is 0 Å². The van der Waals surface area contributed by atoms with E-state index in [1.165, 1.54) is 0 Å². The number of carbonyl (C=O) groups is 1. The number of pyridine rings is 1. The molecule has 2 atom stereocenters. The molecule has 4 heteroatoms. The van der Waals surface area contributed by atoms with Crippen molar-refractivity contribution >= 4 is 5.91 Å². The van der Waals surface area contributed by atoms with Crippen molar-refractivity contribution in [2.24, 2.45) is 0 Å². The Labute approximate surface area is 101 Å². The summed E-state index contributed by atoms with van der Waals surface area (Å²) in [4.78, 5) is 16.0. The monoisotopic (exact) mass is 234 g/mol. The van der Waals surface area contributed by atoms with Crippen molar-refractivity contribution in [3.05, 3.63) is 29.6 Å². The molecule has 2 N–H and O–H groups in total. The number of amides is 1. The minimum Gasteiger partial charge on any atom is -0.391 e. The molecular formula is C13H18N2O2. The maximum atomic E-state index is 11.9. The number of nitrogens with one attached hydrogen (secondary N) is 1. The minimum absolute atomic E-state index is 0.113. The molecule has 1 saturated carbocycles. The van der Waals surface area contributed by atoms with Gasteiger partial charge in [-0.2, -0.15) is 0 Å². The van der Waals surface area contributed by atoms with E-state index in [-0.39, 0.29) is 11.9 Å². The van der Waals surface area contributed by atoms with Crippen LogP contribution in [-0.4, -0.2) is 28.1 Å². The maximum absolute atomic E-state index is 11.9. The lowest BCUT2D eigenvalue weighted by Gasteiger charge is -2.28. The Morgan fingerprint density at radius 1 is 1.41 bits per heavy atom. The second-order valence-corrected chi connectivity index (χ2v) is 4.62. The molecule has 1 aromatic rings. The Morgan fingerprint density at radius 3 is 2.82 bits per heavy atom. The summed E-state index contributed by atoms with van der Waals surface area (Å²) in [5, 5.41) is 12.7. The SMILES string of the molecule is Cc1ccc(C(=O)NC2CCCCC2O)cn1. The quantitative estimate of drug-likeness (QED) is 0.813. The van der Waals surface area contributed by atoms with E-state index in [1.54, 1.807) is 12.3 Å². The van der Waals surface area contributed by atoms with Crippen LogP contribution >= 0.6 is 0 Å². The number of aliphatic hydroxyl groups is 1. The molecule has 1 aromatic heterocycles. The predicted molar refractivity (Wildman–Crippen MR) is 64.7 cm³/mol. The summed E-state index contributed by atoms with van der Waals surface area (Å²) in [6, 6.07) is 3.46. The average molecular weight is 234 g/mol. The number of nitrogens with zero attached hydrogens (tertiary/aromatic N) is 1. The van der Waals surface area contributed by atoms with Crippen molar-refractivity contribution in [3.8, 4) is 0 Å². The van der Waals surface area contributed by atoms with E-state index in [0.29, 0.717) is 5.56 Å². The highest BCUT2D eigenvalue weighted by Crippen LogP contribution is 2.18. The van der Waals surface area contributed by atoms with Crippen LogP contribution in [0.15, 0.2) is 18.3 Å². The Balaban J connectivity index is 1.98. The van der Waals surface area contributed by atoms with E-state index in [2.05, 4.69) is 10.3 Å². The Kier molecular flexibility index (Phi) is 3.74. The average Bonchev–Trinajstić information content (AvgIpc) is 2.33. The first-order valence-corrected chi connectivity index (χ1v) is 6.08. The standard InChI is InChI=1S/C13H18N2O2/c1-9-6-7-10(8-14-9)13(17)15-11-4-2-3-5-12(11)16/h6-8,11-12,16H,2-5H2,1H3,(H,15,17). The van der Waals surface area contributed by atoms with Crippen LogP contribution in [0, 0.1) is 6.92 Å².